The highest BCUT2D eigenvalue weighted by Gasteiger charge is 2.14. The van der Waals surface area contributed by atoms with Crippen molar-refractivity contribution in [1.29, 1.82) is 0 Å². The number of aliphatic hydroxyl groups excluding tert-OH is 1. The van der Waals surface area contributed by atoms with Gasteiger partial charge in [-0.2, -0.15) is 0 Å². The zero-order valence-electron chi connectivity index (χ0n) is 12.3. The van der Waals surface area contributed by atoms with Crippen LogP contribution in [-0.2, 0) is 13.0 Å². The van der Waals surface area contributed by atoms with Crippen molar-refractivity contribution in [2.45, 2.75) is 13.0 Å². The predicted octanol–water partition coefficient (Wildman–Crippen LogP) is 2.30. The molecule has 0 aliphatic carbocycles. The molecule has 0 unspecified atom stereocenters. The third-order valence-corrected chi connectivity index (χ3v) is 3.33. The van der Waals surface area contributed by atoms with Crippen LogP contribution in [0, 0.1) is 5.82 Å². The molecule has 4 nitrogen and oxygen atoms in total. The Morgan fingerprint density at radius 1 is 1.18 bits per heavy atom. The molecule has 2 N–H and O–H groups in total. The van der Waals surface area contributed by atoms with Gasteiger partial charge in [0.25, 0.3) is 5.91 Å². The van der Waals surface area contributed by atoms with Crippen LogP contribution in [0.25, 0.3) is 0 Å². The molecule has 0 aromatic heterocycles. The number of amides is 1. The maximum absolute atomic E-state index is 13.9. The minimum Gasteiger partial charge on any atom is -0.494 e. The number of methoxy groups -OCH3 is 1. The van der Waals surface area contributed by atoms with Crippen molar-refractivity contribution in [3.63, 3.8) is 0 Å². The molecular weight excluding hydrogens is 285 g/mol. The monoisotopic (exact) mass is 303 g/mol. The van der Waals surface area contributed by atoms with Crippen molar-refractivity contribution in [3.8, 4) is 5.75 Å². The summed E-state index contributed by atoms with van der Waals surface area (Å²) in [6.07, 6.45) is 0.628. The summed E-state index contributed by atoms with van der Waals surface area (Å²) in [6, 6.07) is 11.9. The molecule has 2 aromatic rings. The van der Waals surface area contributed by atoms with Crippen molar-refractivity contribution >= 4 is 5.91 Å². The first kappa shape index (κ1) is 16.0. The number of aliphatic hydroxyl groups is 1. The van der Waals surface area contributed by atoms with Crippen molar-refractivity contribution in [1.82, 2.24) is 5.32 Å². The second-order valence-corrected chi connectivity index (χ2v) is 4.80. The first-order chi connectivity index (χ1) is 10.7. The van der Waals surface area contributed by atoms with Gasteiger partial charge in [0, 0.05) is 6.54 Å². The Hall–Kier alpha value is -2.40. The van der Waals surface area contributed by atoms with E-state index in [4.69, 9.17) is 9.84 Å². The Morgan fingerprint density at radius 2 is 1.86 bits per heavy atom. The SMILES string of the molecule is COc1cccc(C(=O)NCCc2ccc(CO)cc2)c1F. The van der Waals surface area contributed by atoms with E-state index in [-0.39, 0.29) is 17.9 Å². The lowest BCUT2D eigenvalue weighted by Gasteiger charge is -2.08. The number of nitrogens with one attached hydrogen (secondary N) is 1. The van der Waals surface area contributed by atoms with Gasteiger partial charge >= 0.3 is 0 Å². The van der Waals surface area contributed by atoms with Crippen LogP contribution in [0.5, 0.6) is 5.75 Å². The average Bonchev–Trinajstić information content (AvgIpc) is 2.55. The summed E-state index contributed by atoms with van der Waals surface area (Å²) in [6.45, 7) is 0.403. The van der Waals surface area contributed by atoms with E-state index in [2.05, 4.69) is 5.32 Å². The van der Waals surface area contributed by atoms with E-state index < -0.39 is 11.7 Å². The Kier molecular flexibility index (Phi) is 5.49. The van der Waals surface area contributed by atoms with Gasteiger partial charge in [0.2, 0.25) is 0 Å². The van der Waals surface area contributed by atoms with Gasteiger partial charge in [-0.05, 0) is 29.7 Å². The number of hydrogen-bond acceptors (Lipinski definition) is 3. The first-order valence-electron chi connectivity index (χ1n) is 6.95. The average molecular weight is 303 g/mol. The fourth-order valence-electron chi connectivity index (χ4n) is 2.07. The van der Waals surface area contributed by atoms with Gasteiger partial charge in [0.1, 0.15) is 0 Å². The van der Waals surface area contributed by atoms with Gasteiger partial charge in [-0.3, -0.25) is 4.79 Å². The molecule has 2 rings (SSSR count). The third-order valence-electron chi connectivity index (χ3n) is 3.33. The Labute approximate surface area is 128 Å². The van der Waals surface area contributed by atoms with Crippen molar-refractivity contribution in [2.75, 3.05) is 13.7 Å². The van der Waals surface area contributed by atoms with Crippen molar-refractivity contribution in [2.24, 2.45) is 0 Å². The lowest BCUT2D eigenvalue weighted by molar-refractivity contribution is 0.0949. The van der Waals surface area contributed by atoms with E-state index in [0.29, 0.717) is 13.0 Å². The molecule has 0 saturated heterocycles. The van der Waals surface area contributed by atoms with Gasteiger partial charge < -0.3 is 15.2 Å². The second kappa shape index (κ2) is 7.56. The maximum Gasteiger partial charge on any atom is 0.254 e. The lowest BCUT2D eigenvalue weighted by atomic mass is 10.1. The number of carbonyl (C=O) groups excluding carboxylic acids is 1. The summed E-state index contributed by atoms with van der Waals surface area (Å²) in [4.78, 5) is 12.0. The molecule has 116 valence electrons. The number of carbonyl (C=O) groups is 1. The first-order valence-corrected chi connectivity index (χ1v) is 6.95. The zero-order chi connectivity index (χ0) is 15.9. The molecule has 0 heterocycles. The summed E-state index contributed by atoms with van der Waals surface area (Å²) in [5.74, 6) is -1.08. The number of hydrogen-bond donors (Lipinski definition) is 2. The molecule has 0 aliphatic heterocycles. The van der Waals surface area contributed by atoms with E-state index in [1.54, 1.807) is 6.07 Å². The minimum atomic E-state index is -0.658. The molecule has 0 spiro atoms. The number of rotatable bonds is 6. The smallest absolute Gasteiger partial charge is 0.254 e. The number of ether oxygens (including phenoxy) is 1. The highest BCUT2D eigenvalue weighted by Crippen LogP contribution is 2.19. The van der Waals surface area contributed by atoms with Gasteiger partial charge in [-0.25, -0.2) is 4.39 Å². The lowest BCUT2D eigenvalue weighted by Crippen LogP contribution is -2.26. The summed E-state index contributed by atoms with van der Waals surface area (Å²) < 4.78 is 18.8. The van der Waals surface area contributed by atoms with Crippen LogP contribution in [0.1, 0.15) is 21.5 Å². The van der Waals surface area contributed by atoms with Gasteiger partial charge in [-0.1, -0.05) is 30.3 Å². The van der Waals surface area contributed by atoms with Gasteiger partial charge in [-0.15, -0.1) is 0 Å². The Bertz CT molecular complexity index is 641. The van der Waals surface area contributed by atoms with Crippen molar-refractivity contribution < 1.29 is 19.0 Å². The molecule has 5 heteroatoms. The predicted molar refractivity (Wildman–Crippen MR) is 81.4 cm³/mol. The fourth-order valence-corrected chi connectivity index (χ4v) is 2.07. The van der Waals surface area contributed by atoms with E-state index in [1.807, 2.05) is 24.3 Å². The highest BCUT2D eigenvalue weighted by atomic mass is 19.1. The molecule has 1 amide bonds. The van der Waals surface area contributed by atoms with E-state index in [1.165, 1.54) is 19.2 Å². The van der Waals surface area contributed by atoms with E-state index >= 15 is 0 Å². The summed E-state index contributed by atoms with van der Waals surface area (Å²) in [5, 5.41) is 11.7. The van der Waals surface area contributed by atoms with E-state index in [0.717, 1.165) is 11.1 Å². The normalized spacial score (nSPS) is 10.3. The second-order valence-electron chi connectivity index (χ2n) is 4.80. The Balaban J connectivity index is 1.92. The topological polar surface area (TPSA) is 58.6 Å². The fraction of sp³-hybridized carbons (Fsp3) is 0.235. The molecule has 0 saturated carbocycles. The molecule has 0 atom stereocenters. The van der Waals surface area contributed by atoms with Crippen LogP contribution >= 0.6 is 0 Å². The molecule has 0 radical (unpaired) electrons. The molecular formula is C17H18FNO3. The molecule has 0 bridgehead atoms. The maximum atomic E-state index is 13.9. The summed E-state index contributed by atoms with van der Waals surface area (Å²) in [5.41, 5.74) is 1.84. The summed E-state index contributed by atoms with van der Waals surface area (Å²) in [7, 11) is 1.36. The largest absolute Gasteiger partial charge is 0.494 e. The van der Waals surface area contributed by atoms with Crippen LogP contribution < -0.4 is 10.1 Å². The van der Waals surface area contributed by atoms with Crippen LogP contribution in [0.4, 0.5) is 4.39 Å². The molecule has 0 fully saturated rings. The van der Waals surface area contributed by atoms with E-state index in [9.17, 15) is 9.18 Å². The number of halogens is 1. The van der Waals surface area contributed by atoms with Crippen LogP contribution in [0.15, 0.2) is 42.5 Å². The van der Waals surface area contributed by atoms with Crippen LogP contribution in [-0.4, -0.2) is 24.7 Å². The zero-order valence-corrected chi connectivity index (χ0v) is 12.3. The van der Waals surface area contributed by atoms with Crippen LogP contribution in [0.2, 0.25) is 0 Å². The van der Waals surface area contributed by atoms with Gasteiger partial charge in [0.15, 0.2) is 11.6 Å². The highest BCUT2D eigenvalue weighted by molar-refractivity contribution is 5.94. The number of benzene rings is 2. The summed E-state index contributed by atoms with van der Waals surface area (Å²) >= 11 is 0. The Morgan fingerprint density at radius 3 is 2.50 bits per heavy atom. The van der Waals surface area contributed by atoms with Crippen molar-refractivity contribution in [3.05, 3.63) is 65.0 Å². The third kappa shape index (κ3) is 3.83. The molecule has 2 aromatic carbocycles. The molecule has 22 heavy (non-hydrogen) atoms. The quantitative estimate of drug-likeness (QED) is 0.861. The minimum absolute atomic E-state index is 0.00608. The van der Waals surface area contributed by atoms with Gasteiger partial charge in [0.05, 0.1) is 19.3 Å². The van der Waals surface area contributed by atoms with Crippen LogP contribution in [0.3, 0.4) is 0 Å². The standard InChI is InChI=1S/C17H18FNO3/c1-22-15-4-2-3-14(16(15)18)17(21)19-10-9-12-5-7-13(11-20)8-6-12/h2-8,20H,9-11H2,1H3,(H,19,21). The molecule has 0 aliphatic rings.